The maximum Gasteiger partial charge on any atom is 0.240 e. The number of aryl methyl sites for hydroxylation is 1. The highest BCUT2D eigenvalue weighted by molar-refractivity contribution is 7.71. The summed E-state index contributed by atoms with van der Waals surface area (Å²) in [6.07, 6.45) is 0.702. The number of hydrogen-bond donors (Lipinski definition) is 2. The van der Waals surface area contributed by atoms with E-state index in [1.165, 1.54) is 0 Å². The van der Waals surface area contributed by atoms with Gasteiger partial charge in [-0.2, -0.15) is 5.10 Å². The second-order valence-electron chi connectivity index (χ2n) is 6.61. The molecule has 0 fully saturated rings. The number of carbonyl (C=O) groups is 1. The Labute approximate surface area is 168 Å². The van der Waals surface area contributed by atoms with Crippen molar-refractivity contribution >= 4 is 29.7 Å². The third-order valence-electron chi connectivity index (χ3n) is 4.17. The standard InChI is InChI=1S/C20H21ClN4OS/c1-13-5-3-7-16(9-13)19-23-24-20(27)25(19)12-18(26)22-14(2)10-15-6-4-8-17(21)11-15/h3-9,11,14H,10,12H2,1-2H3,(H,22,26)(H,24,27). The Balaban J connectivity index is 1.69. The van der Waals surface area contributed by atoms with Crippen LogP contribution in [0.4, 0.5) is 0 Å². The van der Waals surface area contributed by atoms with Crippen molar-refractivity contribution in [3.05, 3.63) is 69.5 Å². The summed E-state index contributed by atoms with van der Waals surface area (Å²) in [5, 5.41) is 10.8. The van der Waals surface area contributed by atoms with Gasteiger partial charge in [0.1, 0.15) is 6.54 Å². The lowest BCUT2D eigenvalue weighted by atomic mass is 10.1. The van der Waals surface area contributed by atoms with E-state index in [1.54, 1.807) is 4.57 Å². The first-order valence-electron chi connectivity index (χ1n) is 8.68. The van der Waals surface area contributed by atoms with Gasteiger partial charge in [0.15, 0.2) is 10.6 Å². The second kappa shape index (κ2) is 8.50. The van der Waals surface area contributed by atoms with Crippen LogP contribution in [-0.2, 0) is 17.8 Å². The lowest BCUT2D eigenvalue weighted by molar-refractivity contribution is -0.122. The summed E-state index contributed by atoms with van der Waals surface area (Å²) < 4.78 is 2.13. The molecule has 3 aromatic rings. The van der Waals surface area contributed by atoms with Crippen LogP contribution >= 0.6 is 23.8 Å². The molecule has 0 spiro atoms. The largest absolute Gasteiger partial charge is 0.352 e. The molecule has 3 rings (SSSR count). The number of hydrogen-bond acceptors (Lipinski definition) is 3. The highest BCUT2D eigenvalue weighted by Crippen LogP contribution is 2.18. The van der Waals surface area contributed by atoms with Crippen molar-refractivity contribution in [2.75, 3.05) is 0 Å². The Morgan fingerprint density at radius 2 is 2.07 bits per heavy atom. The molecule has 27 heavy (non-hydrogen) atoms. The molecule has 0 saturated carbocycles. The molecular weight excluding hydrogens is 380 g/mol. The van der Waals surface area contributed by atoms with Crippen molar-refractivity contribution in [2.24, 2.45) is 0 Å². The highest BCUT2D eigenvalue weighted by atomic mass is 35.5. The van der Waals surface area contributed by atoms with E-state index in [9.17, 15) is 4.79 Å². The number of nitrogens with zero attached hydrogens (tertiary/aromatic N) is 2. The molecule has 0 aliphatic rings. The molecule has 0 aliphatic heterocycles. The van der Waals surface area contributed by atoms with E-state index >= 15 is 0 Å². The van der Waals surface area contributed by atoms with Gasteiger partial charge in [-0.1, -0.05) is 47.5 Å². The minimum Gasteiger partial charge on any atom is -0.352 e. The number of halogens is 1. The van der Waals surface area contributed by atoms with Gasteiger partial charge < -0.3 is 5.32 Å². The monoisotopic (exact) mass is 400 g/mol. The van der Waals surface area contributed by atoms with Crippen LogP contribution < -0.4 is 5.32 Å². The minimum atomic E-state index is -0.115. The number of rotatable bonds is 6. The third kappa shape index (κ3) is 5.05. The van der Waals surface area contributed by atoms with Crippen LogP contribution in [0.15, 0.2) is 48.5 Å². The maximum atomic E-state index is 12.5. The van der Waals surface area contributed by atoms with Gasteiger partial charge in [-0.15, -0.1) is 0 Å². The normalized spacial score (nSPS) is 12.0. The summed E-state index contributed by atoms with van der Waals surface area (Å²) in [4.78, 5) is 12.5. The van der Waals surface area contributed by atoms with E-state index in [2.05, 4.69) is 15.5 Å². The van der Waals surface area contributed by atoms with Crippen molar-refractivity contribution in [3.8, 4) is 11.4 Å². The zero-order chi connectivity index (χ0) is 19.4. The van der Waals surface area contributed by atoms with Crippen LogP contribution in [0.5, 0.6) is 0 Å². The fraction of sp³-hybridized carbons (Fsp3) is 0.250. The second-order valence-corrected chi connectivity index (χ2v) is 7.43. The van der Waals surface area contributed by atoms with Gasteiger partial charge >= 0.3 is 0 Å². The topological polar surface area (TPSA) is 62.7 Å². The molecule has 0 saturated heterocycles. The number of carbonyl (C=O) groups excluding carboxylic acids is 1. The molecular formula is C20H21ClN4OS. The number of benzene rings is 2. The predicted octanol–water partition coefficient (Wildman–Crippen LogP) is 4.32. The Morgan fingerprint density at radius 1 is 1.30 bits per heavy atom. The van der Waals surface area contributed by atoms with Gasteiger partial charge in [0.05, 0.1) is 0 Å². The highest BCUT2D eigenvalue weighted by Gasteiger charge is 2.14. The first-order chi connectivity index (χ1) is 12.9. The maximum absolute atomic E-state index is 12.5. The van der Waals surface area contributed by atoms with Crippen LogP contribution in [0.1, 0.15) is 18.1 Å². The van der Waals surface area contributed by atoms with Gasteiger partial charge in [0.25, 0.3) is 0 Å². The molecule has 140 valence electrons. The summed E-state index contributed by atoms with van der Waals surface area (Å²) in [5.41, 5.74) is 3.12. The number of aromatic nitrogens is 3. The van der Waals surface area contributed by atoms with E-state index in [1.807, 2.05) is 62.4 Å². The number of amides is 1. The molecule has 1 unspecified atom stereocenters. The molecule has 0 radical (unpaired) electrons. The summed E-state index contributed by atoms with van der Waals surface area (Å²) in [7, 11) is 0. The third-order valence-corrected chi connectivity index (χ3v) is 4.72. The predicted molar refractivity (Wildman–Crippen MR) is 110 cm³/mol. The smallest absolute Gasteiger partial charge is 0.240 e. The fourth-order valence-corrected chi connectivity index (χ4v) is 3.41. The van der Waals surface area contributed by atoms with E-state index in [0.717, 1.165) is 16.7 Å². The average molecular weight is 401 g/mol. The summed E-state index contributed by atoms with van der Waals surface area (Å²) >= 11 is 11.3. The molecule has 1 aromatic heterocycles. The summed E-state index contributed by atoms with van der Waals surface area (Å²) in [6, 6.07) is 15.6. The van der Waals surface area contributed by atoms with Crippen molar-refractivity contribution in [2.45, 2.75) is 32.9 Å². The molecule has 0 bridgehead atoms. The van der Waals surface area contributed by atoms with Crippen molar-refractivity contribution in [1.29, 1.82) is 0 Å². The Bertz CT molecular complexity index is 1010. The summed E-state index contributed by atoms with van der Waals surface area (Å²) in [5.74, 6) is 0.539. The Kier molecular flexibility index (Phi) is 6.08. The Morgan fingerprint density at radius 3 is 2.81 bits per heavy atom. The average Bonchev–Trinajstić information content (AvgIpc) is 2.95. The van der Waals surface area contributed by atoms with Gasteiger partial charge in [-0.05, 0) is 56.2 Å². The molecule has 1 amide bonds. The summed E-state index contributed by atoms with van der Waals surface area (Å²) in [6.45, 7) is 4.09. The van der Waals surface area contributed by atoms with Crippen LogP contribution in [-0.4, -0.2) is 26.7 Å². The van der Waals surface area contributed by atoms with Crippen molar-refractivity contribution < 1.29 is 4.79 Å². The van der Waals surface area contributed by atoms with Crippen molar-refractivity contribution in [1.82, 2.24) is 20.1 Å². The first-order valence-corrected chi connectivity index (χ1v) is 9.47. The molecule has 2 N–H and O–H groups in total. The van der Waals surface area contributed by atoms with Crippen LogP contribution in [0.3, 0.4) is 0 Å². The van der Waals surface area contributed by atoms with Gasteiger partial charge in [-0.3, -0.25) is 14.5 Å². The van der Waals surface area contributed by atoms with Gasteiger partial charge in [0, 0.05) is 16.6 Å². The SMILES string of the molecule is Cc1cccc(-c2n[nH]c(=S)n2CC(=O)NC(C)Cc2cccc(Cl)c2)c1. The first kappa shape index (κ1) is 19.3. The van der Waals surface area contributed by atoms with Crippen LogP contribution in [0.2, 0.25) is 5.02 Å². The lowest BCUT2D eigenvalue weighted by Gasteiger charge is -2.15. The zero-order valence-electron chi connectivity index (χ0n) is 15.2. The van der Waals surface area contributed by atoms with Crippen molar-refractivity contribution in [3.63, 3.8) is 0 Å². The van der Waals surface area contributed by atoms with E-state index in [0.29, 0.717) is 22.0 Å². The minimum absolute atomic E-state index is 0.0283. The van der Waals surface area contributed by atoms with Crippen LogP contribution in [0.25, 0.3) is 11.4 Å². The molecule has 2 aromatic carbocycles. The lowest BCUT2D eigenvalue weighted by Crippen LogP contribution is -2.36. The number of aromatic amines is 1. The van der Waals surface area contributed by atoms with E-state index in [-0.39, 0.29) is 18.5 Å². The number of nitrogens with one attached hydrogen (secondary N) is 2. The van der Waals surface area contributed by atoms with E-state index < -0.39 is 0 Å². The molecule has 1 atom stereocenters. The quantitative estimate of drug-likeness (QED) is 0.606. The number of H-pyrrole nitrogens is 1. The zero-order valence-corrected chi connectivity index (χ0v) is 16.8. The molecule has 1 heterocycles. The van der Waals surface area contributed by atoms with Crippen LogP contribution in [0, 0.1) is 11.7 Å². The molecule has 7 heteroatoms. The molecule has 5 nitrogen and oxygen atoms in total. The van der Waals surface area contributed by atoms with Gasteiger partial charge in [0.2, 0.25) is 5.91 Å². The fourth-order valence-electron chi connectivity index (χ4n) is 3.00. The van der Waals surface area contributed by atoms with Gasteiger partial charge in [-0.25, -0.2) is 0 Å². The Hall–Kier alpha value is -2.44. The van der Waals surface area contributed by atoms with E-state index in [4.69, 9.17) is 23.8 Å². The molecule has 0 aliphatic carbocycles.